The standard InChI is InChI=1S/C50H30/c1-3-14-36-31(11-1)27-28-45-47(36)29-34-12-2-4-15-37(34)48(45)33-25-23-32(24-26-33)46-30-35-13-9-20-42-40-18-7-5-16-38(40)39-17-6-8-19-41(39)43-21-10-22-44(46)50(43)49(35)42/h1-30H. The first-order chi connectivity index (χ1) is 24.8. The maximum absolute atomic E-state index is 2.41. The first-order valence-corrected chi connectivity index (χ1v) is 17.4. The summed E-state index contributed by atoms with van der Waals surface area (Å²) in [6.07, 6.45) is 0. The molecule has 11 aromatic carbocycles. The van der Waals surface area contributed by atoms with Gasteiger partial charge in [0.05, 0.1) is 0 Å². The summed E-state index contributed by atoms with van der Waals surface area (Å²) < 4.78 is 0. The van der Waals surface area contributed by atoms with Crippen molar-refractivity contribution < 1.29 is 0 Å². The zero-order valence-corrected chi connectivity index (χ0v) is 27.3. The third kappa shape index (κ3) is 3.88. The van der Waals surface area contributed by atoms with Gasteiger partial charge >= 0.3 is 0 Å². The Balaban J connectivity index is 1.20. The number of fused-ring (bicyclic) bond motifs is 9. The van der Waals surface area contributed by atoms with E-state index < -0.39 is 0 Å². The minimum absolute atomic E-state index is 1.23. The van der Waals surface area contributed by atoms with Gasteiger partial charge in [-0.15, -0.1) is 0 Å². The molecule has 0 aliphatic heterocycles. The highest BCUT2D eigenvalue weighted by Crippen LogP contribution is 2.45. The SMILES string of the molecule is c1ccc2c(-c3ccc(-c4cc5cccc6c7ccccc7c7ccccc7c7cccc4c7c56)cc3)c3ccc4ccccc4c3cc2c1. The van der Waals surface area contributed by atoms with E-state index in [2.05, 4.69) is 182 Å². The van der Waals surface area contributed by atoms with Gasteiger partial charge in [0.15, 0.2) is 0 Å². The summed E-state index contributed by atoms with van der Waals surface area (Å²) in [5.41, 5.74) is 5.02. The van der Waals surface area contributed by atoms with Gasteiger partial charge in [0, 0.05) is 0 Å². The van der Waals surface area contributed by atoms with Crippen LogP contribution < -0.4 is 0 Å². The summed E-state index contributed by atoms with van der Waals surface area (Å²) in [5.74, 6) is 0. The van der Waals surface area contributed by atoms with Gasteiger partial charge in [-0.2, -0.15) is 0 Å². The van der Waals surface area contributed by atoms with Crippen LogP contribution in [0.25, 0.3) is 108 Å². The van der Waals surface area contributed by atoms with E-state index in [1.165, 1.54) is 108 Å². The topological polar surface area (TPSA) is 0 Å². The zero-order chi connectivity index (χ0) is 32.8. The Morgan fingerprint density at radius 3 is 1.44 bits per heavy atom. The molecule has 0 nitrogen and oxygen atoms in total. The summed E-state index contributed by atoms with van der Waals surface area (Å²) in [4.78, 5) is 0. The fraction of sp³-hybridized carbons (Fsp3) is 0. The lowest BCUT2D eigenvalue weighted by atomic mass is 9.86. The van der Waals surface area contributed by atoms with Crippen LogP contribution in [0.1, 0.15) is 0 Å². The van der Waals surface area contributed by atoms with Crippen molar-refractivity contribution in [3.8, 4) is 22.3 Å². The highest BCUT2D eigenvalue weighted by Gasteiger charge is 2.17. The van der Waals surface area contributed by atoms with E-state index in [1.807, 2.05) is 0 Å². The molecule has 50 heavy (non-hydrogen) atoms. The number of hydrogen-bond acceptors (Lipinski definition) is 0. The molecule has 230 valence electrons. The van der Waals surface area contributed by atoms with Crippen molar-refractivity contribution in [2.24, 2.45) is 0 Å². The minimum atomic E-state index is 1.23. The molecule has 0 unspecified atom stereocenters. The molecule has 11 aromatic rings. The molecule has 11 rings (SSSR count). The molecule has 0 radical (unpaired) electrons. The lowest BCUT2D eigenvalue weighted by Gasteiger charge is -2.17. The molecule has 0 amide bonds. The second kappa shape index (κ2) is 10.5. The Kier molecular flexibility index (Phi) is 5.76. The molecule has 0 aromatic heterocycles. The van der Waals surface area contributed by atoms with E-state index in [0.29, 0.717) is 0 Å². The van der Waals surface area contributed by atoms with E-state index in [-0.39, 0.29) is 0 Å². The molecule has 0 spiro atoms. The molecule has 0 aliphatic rings. The molecule has 0 saturated heterocycles. The van der Waals surface area contributed by atoms with Crippen LogP contribution in [0.15, 0.2) is 182 Å². The van der Waals surface area contributed by atoms with Gasteiger partial charge in [0.2, 0.25) is 0 Å². The average Bonchev–Trinajstić information content (AvgIpc) is 3.18. The second-order valence-electron chi connectivity index (χ2n) is 13.6. The van der Waals surface area contributed by atoms with Crippen molar-refractivity contribution in [3.05, 3.63) is 182 Å². The molecule has 0 atom stereocenters. The maximum Gasteiger partial charge on any atom is -0.00141 e. The van der Waals surface area contributed by atoms with Crippen molar-refractivity contribution in [2.45, 2.75) is 0 Å². The Hall–Kier alpha value is -6.50. The van der Waals surface area contributed by atoms with Crippen LogP contribution >= 0.6 is 0 Å². The van der Waals surface area contributed by atoms with E-state index >= 15 is 0 Å². The highest BCUT2D eigenvalue weighted by molar-refractivity contribution is 6.34. The van der Waals surface area contributed by atoms with Gasteiger partial charge in [-0.1, -0.05) is 170 Å². The van der Waals surface area contributed by atoms with Crippen LogP contribution in [0, 0.1) is 0 Å². The number of rotatable bonds is 2. The summed E-state index contributed by atoms with van der Waals surface area (Å²) in [7, 11) is 0. The maximum atomic E-state index is 2.41. The van der Waals surface area contributed by atoms with Crippen molar-refractivity contribution >= 4 is 86.2 Å². The van der Waals surface area contributed by atoms with E-state index in [1.54, 1.807) is 0 Å². The molecular weight excluding hydrogens is 601 g/mol. The summed E-state index contributed by atoms with van der Waals surface area (Å²) >= 11 is 0. The Bertz CT molecular complexity index is 3180. The van der Waals surface area contributed by atoms with Crippen LogP contribution in [0.4, 0.5) is 0 Å². The summed E-state index contributed by atoms with van der Waals surface area (Å²) in [6, 6.07) is 67.7. The van der Waals surface area contributed by atoms with Crippen LogP contribution in [0.5, 0.6) is 0 Å². The predicted molar refractivity (Wildman–Crippen MR) is 217 cm³/mol. The third-order valence-corrected chi connectivity index (χ3v) is 11.0. The Labute approximate surface area is 289 Å². The number of hydrogen-bond donors (Lipinski definition) is 0. The van der Waals surface area contributed by atoms with Crippen molar-refractivity contribution in [2.75, 3.05) is 0 Å². The minimum Gasteiger partial charge on any atom is -0.0616 e. The molecule has 0 bridgehead atoms. The van der Waals surface area contributed by atoms with Crippen molar-refractivity contribution in [1.82, 2.24) is 0 Å². The second-order valence-corrected chi connectivity index (χ2v) is 13.6. The lowest BCUT2D eigenvalue weighted by Crippen LogP contribution is -1.90. The van der Waals surface area contributed by atoms with Gasteiger partial charge in [0.25, 0.3) is 0 Å². The van der Waals surface area contributed by atoms with Crippen LogP contribution in [0.3, 0.4) is 0 Å². The van der Waals surface area contributed by atoms with Crippen LogP contribution in [0.2, 0.25) is 0 Å². The lowest BCUT2D eigenvalue weighted by molar-refractivity contribution is 1.65. The van der Waals surface area contributed by atoms with E-state index in [0.717, 1.165) is 0 Å². The van der Waals surface area contributed by atoms with Crippen molar-refractivity contribution in [1.29, 1.82) is 0 Å². The Morgan fingerprint density at radius 1 is 0.220 bits per heavy atom. The fourth-order valence-electron chi connectivity index (χ4n) is 8.79. The highest BCUT2D eigenvalue weighted by atomic mass is 14.2. The van der Waals surface area contributed by atoms with Gasteiger partial charge < -0.3 is 0 Å². The van der Waals surface area contributed by atoms with Gasteiger partial charge in [-0.3, -0.25) is 0 Å². The molecular formula is C50H30. The van der Waals surface area contributed by atoms with E-state index in [9.17, 15) is 0 Å². The normalized spacial score (nSPS) is 12.0. The fourth-order valence-corrected chi connectivity index (χ4v) is 8.79. The molecule has 0 heterocycles. The van der Waals surface area contributed by atoms with Crippen LogP contribution in [-0.2, 0) is 0 Å². The van der Waals surface area contributed by atoms with E-state index in [4.69, 9.17) is 0 Å². The molecule has 0 N–H and O–H groups in total. The summed E-state index contributed by atoms with van der Waals surface area (Å²) in [5, 5.41) is 20.6. The first kappa shape index (κ1) is 27.5. The Morgan fingerprint density at radius 2 is 0.720 bits per heavy atom. The quantitative estimate of drug-likeness (QED) is 0.132. The monoisotopic (exact) mass is 630 g/mol. The van der Waals surface area contributed by atoms with Gasteiger partial charge in [0.1, 0.15) is 0 Å². The van der Waals surface area contributed by atoms with Gasteiger partial charge in [-0.25, -0.2) is 0 Å². The molecule has 0 heteroatoms. The number of benzene rings is 10. The molecule has 0 fully saturated rings. The largest absolute Gasteiger partial charge is 0.0616 e. The zero-order valence-electron chi connectivity index (χ0n) is 27.3. The summed E-state index contributed by atoms with van der Waals surface area (Å²) in [6.45, 7) is 0. The van der Waals surface area contributed by atoms with Gasteiger partial charge in [-0.05, 0) is 121 Å². The average molecular weight is 631 g/mol. The smallest absolute Gasteiger partial charge is 0.00141 e. The van der Waals surface area contributed by atoms with Crippen LogP contribution in [-0.4, -0.2) is 0 Å². The van der Waals surface area contributed by atoms with Crippen molar-refractivity contribution in [3.63, 3.8) is 0 Å². The molecule has 0 saturated carbocycles. The first-order valence-electron chi connectivity index (χ1n) is 17.4. The molecule has 0 aliphatic carbocycles. The third-order valence-electron chi connectivity index (χ3n) is 11.0. The predicted octanol–water partition coefficient (Wildman–Crippen LogP) is 14.2.